The van der Waals surface area contributed by atoms with Gasteiger partial charge in [0, 0.05) is 26.2 Å². The van der Waals surface area contributed by atoms with Crippen LogP contribution in [0.4, 0.5) is 5.69 Å². The van der Waals surface area contributed by atoms with Crippen LogP contribution in [0.3, 0.4) is 0 Å². The summed E-state index contributed by atoms with van der Waals surface area (Å²) in [5.74, 6) is 0. The van der Waals surface area contributed by atoms with E-state index in [0.29, 0.717) is 0 Å². The molecule has 1 atom stereocenters. The van der Waals surface area contributed by atoms with Crippen molar-refractivity contribution in [2.75, 3.05) is 19.0 Å². The Morgan fingerprint density at radius 3 is 2.42 bits per heavy atom. The summed E-state index contributed by atoms with van der Waals surface area (Å²) in [7, 11) is 4.03. The summed E-state index contributed by atoms with van der Waals surface area (Å²) < 4.78 is 0. The normalized spacial score (nSPS) is 16.6. The van der Waals surface area contributed by atoms with Gasteiger partial charge in [-0.15, -0.1) is 0 Å². The van der Waals surface area contributed by atoms with Gasteiger partial charge >= 0.3 is 0 Å². The second kappa shape index (κ2) is 6.64. The number of hydrazone groups is 1. The number of hydrogen-bond donors (Lipinski definition) is 0. The lowest BCUT2D eigenvalue weighted by atomic mass is 9.97. The Bertz CT molecular complexity index is 976. The third-order valence-corrected chi connectivity index (χ3v) is 4.93. The third kappa shape index (κ3) is 2.94. The third-order valence-electron chi connectivity index (χ3n) is 4.93. The molecule has 3 aromatic carbocycles. The van der Waals surface area contributed by atoms with E-state index >= 15 is 0 Å². The van der Waals surface area contributed by atoms with Crippen LogP contribution in [-0.2, 0) is 4.79 Å². The monoisotopic (exact) mass is 343 g/mol. The molecule has 0 unspecified atom stereocenters. The molecule has 0 aliphatic carbocycles. The maximum absolute atomic E-state index is 11.6. The molecule has 1 aliphatic rings. The lowest BCUT2D eigenvalue weighted by Gasteiger charge is -2.19. The smallest absolute Gasteiger partial charge is 0.230 e. The highest BCUT2D eigenvalue weighted by molar-refractivity contribution is 6.05. The number of benzene rings is 3. The molecule has 4 heteroatoms. The molecular weight excluding hydrogens is 322 g/mol. The van der Waals surface area contributed by atoms with Crippen LogP contribution in [0.1, 0.15) is 23.6 Å². The van der Waals surface area contributed by atoms with E-state index in [1.807, 2.05) is 26.2 Å². The summed E-state index contributed by atoms with van der Waals surface area (Å²) in [6, 6.07) is 22.9. The minimum atomic E-state index is -0.0508. The van der Waals surface area contributed by atoms with Gasteiger partial charge in [0.25, 0.3) is 0 Å². The van der Waals surface area contributed by atoms with Gasteiger partial charge in [-0.1, -0.05) is 48.5 Å². The Balaban J connectivity index is 1.63. The first-order valence-electron chi connectivity index (χ1n) is 8.73. The van der Waals surface area contributed by atoms with Crippen molar-refractivity contribution in [3.05, 3.63) is 77.9 Å². The summed E-state index contributed by atoms with van der Waals surface area (Å²) >= 11 is 0. The standard InChI is InChI=1S/C22H21N3O/c1-24(2)20-11-9-17(10-12-20)22-14-21(23-25(22)15-26)19-8-7-16-5-3-4-6-18(16)13-19/h3-13,15,22H,14H2,1-2H3/t22-/m1/s1. The number of carbonyl (C=O) groups is 1. The molecule has 0 fully saturated rings. The fourth-order valence-corrected chi connectivity index (χ4v) is 3.43. The van der Waals surface area contributed by atoms with Crippen molar-refractivity contribution < 1.29 is 4.79 Å². The van der Waals surface area contributed by atoms with Crippen molar-refractivity contribution in [2.24, 2.45) is 5.10 Å². The zero-order valence-electron chi connectivity index (χ0n) is 15.0. The predicted molar refractivity (Wildman–Crippen MR) is 107 cm³/mol. The Labute approximate surface area is 153 Å². The molecule has 26 heavy (non-hydrogen) atoms. The molecule has 0 bridgehead atoms. The highest BCUT2D eigenvalue weighted by Gasteiger charge is 2.28. The van der Waals surface area contributed by atoms with Crippen LogP contribution < -0.4 is 4.90 Å². The average Bonchev–Trinajstić information content (AvgIpc) is 3.12. The summed E-state index contributed by atoms with van der Waals surface area (Å²) in [5, 5.41) is 8.50. The Hall–Kier alpha value is -3.14. The molecular formula is C22H21N3O. The number of carbonyl (C=O) groups excluding carboxylic acids is 1. The molecule has 0 spiro atoms. The minimum absolute atomic E-state index is 0.0508. The quantitative estimate of drug-likeness (QED) is 0.665. The molecule has 0 N–H and O–H groups in total. The van der Waals surface area contributed by atoms with Gasteiger partial charge in [0.2, 0.25) is 6.41 Å². The van der Waals surface area contributed by atoms with Crippen molar-refractivity contribution in [3.8, 4) is 0 Å². The van der Waals surface area contributed by atoms with E-state index in [4.69, 9.17) is 0 Å². The number of fused-ring (bicyclic) bond motifs is 1. The van der Waals surface area contributed by atoms with E-state index < -0.39 is 0 Å². The fraction of sp³-hybridized carbons (Fsp3) is 0.182. The molecule has 0 saturated heterocycles. The summed E-state index contributed by atoms with van der Waals surface area (Å²) in [4.78, 5) is 13.6. The molecule has 1 heterocycles. The molecule has 0 saturated carbocycles. The van der Waals surface area contributed by atoms with E-state index in [-0.39, 0.29) is 6.04 Å². The van der Waals surface area contributed by atoms with E-state index in [2.05, 4.69) is 64.6 Å². The maximum atomic E-state index is 11.6. The second-order valence-electron chi connectivity index (χ2n) is 6.80. The number of anilines is 1. The van der Waals surface area contributed by atoms with Crippen LogP contribution in [0.25, 0.3) is 10.8 Å². The zero-order valence-corrected chi connectivity index (χ0v) is 15.0. The van der Waals surface area contributed by atoms with E-state index in [1.165, 1.54) is 15.8 Å². The highest BCUT2D eigenvalue weighted by atomic mass is 16.1. The summed E-state index contributed by atoms with van der Waals surface area (Å²) in [5.41, 5.74) is 4.26. The first-order chi connectivity index (χ1) is 12.7. The summed E-state index contributed by atoms with van der Waals surface area (Å²) in [6.45, 7) is 0. The van der Waals surface area contributed by atoms with Gasteiger partial charge in [0.1, 0.15) is 0 Å². The van der Waals surface area contributed by atoms with Gasteiger partial charge in [-0.25, -0.2) is 5.01 Å². The predicted octanol–water partition coefficient (Wildman–Crippen LogP) is 4.21. The number of rotatable bonds is 4. The minimum Gasteiger partial charge on any atom is -0.378 e. The Kier molecular flexibility index (Phi) is 4.17. The first-order valence-corrected chi connectivity index (χ1v) is 8.73. The maximum Gasteiger partial charge on any atom is 0.230 e. The second-order valence-corrected chi connectivity index (χ2v) is 6.80. The Morgan fingerprint density at radius 1 is 1.00 bits per heavy atom. The number of amides is 1. The van der Waals surface area contributed by atoms with Gasteiger partial charge < -0.3 is 4.90 Å². The van der Waals surface area contributed by atoms with Gasteiger partial charge in [-0.3, -0.25) is 4.79 Å². The zero-order chi connectivity index (χ0) is 18.1. The topological polar surface area (TPSA) is 35.9 Å². The van der Waals surface area contributed by atoms with Gasteiger partial charge in [-0.2, -0.15) is 5.10 Å². The van der Waals surface area contributed by atoms with Crippen molar-refractivity contribution in [1.82, 2.24) is 5.01 Å². The van der Waals surface area contributed by atoms with Crippen LogP contribution in [0.15, 0.2) is 71.8 Å². The van der Waals surface area contributed by atoms with E-state index in [9.17, 15) is 4.79 Å². The summed E-state index contributed by atoms with van der Waals surface area (Å²) in [6.07, 6.45) is 1.54. The van der Waals surface area contributed by atoms with Crippen LogP contribution in [0.2, 0.25) is 0 Å². The molecule has 0 radical (unpaired) electrons. The lowest BCUT2D eigenvalue weighted by Crippen LogP contribution is -2.17. The van der Waals surface area contributed by atoms with Gasteiger partial charge in [0.05, 0.1) is 11.8 Å². The van der Waals surface area contributed by atoms with E-state index in [1.54, 1.807) is 0 Å². The van der Waals surface area contributed by atoms with Crippen molar-refractivity contribution in [1.29, 1.82) is 0 Å². The SMILES string of the molecule is CN(C)c1ccc([C@H]2CC(c3ccc4ccccc4c3)=NN2C=O)cc1. The Morgan fingerprint density at radius 2 is 1.73 bits per heavy atom. The fourth-order valence-electron chi connectivity index (χ4n) is 3.43. The molecule has 4 rings (SSSR count). The molecule has 1 aliphatic heterocycles. The van der Waals surface area contributed by atoms with Gasteiger partial charge in [0.15, 0.2) is 0 Å². The molecule has 3 aromatic rings. The molecule has 1 amide bonds. The van der Waals surface area contributed by atoms with Crippen LogP contribution >= 0.6 is 0 Å². The number of nitrogens with zero attached hydrogens (tertiary/aromatic N) is 3. The van der Waals surface area contributed by atoms with E-state index in [0.717, 1.165) is 35.4 Å². The van der Waals surface area contributed by atoms with Crippen molar-refractivity contribution in [3.63, 3.8) is 0 Å². The highest BCUT2D eigenvalue weighted by Crippen LogP contribution is 2.33. The lowest BCUT2D eigenvalue weighted by molar-refractivity contribution is -0.119. The molecule has 4 nitrogen and oxygen atoms in total. The van der Waals surface area contributed by atoms with Crippen LogP contribution in [0.5, 0.6) is 0 Å². The van der Waals surface area contributed by atoms with Gasteiger partial charge in [-0.05, 0) is 40.1 Å². The van der Waals surface area contributed by atoms with Crippen LogP contribution in [-0.4, -0.2) is 31.2 Å². The average molecular weight is 343 g/mol. The first kappa shape index (κ1) is 16.3. The van der Waals surface area contributed by atoms with Crippen molar-refractivity contribution in [2.45, 2.75) is 12.5 Å². The van der Waals surface area contributed by atoms with Crippen LogP contribution in [0, 0.1) is 0 Å². The molecule has 0 aromatic heterocycles. The van der Waals surface area contributed by atoms with Crippen molar-refractivity contribution >= 4 is 28.6 Å². The largest absolute Gasteiger partial charge is 0.378 e. The number of hydrogen-bond acceptors (Lipinski definition) is 3. The molecule has 130 valence electrons.